The average molecular weight is 288 g/mol. The molecule has 5 nitrogen and oxygen atoms in total. The van der Waals surface area contributed by atoms with Crippen molar-refractivity contribution in [2.24, 2.45) is 5.73 Å². The molecule has 0 radical (unpaired) electrons. The first kappa shape index (κ1) is 14.3. The zero-order valence-corrected chi connectivity index (χ0v) is 12.2. The number of nitrogens with one attached hydrogen (secondary N) is 1. The quantitative estimate of drug-likeness (QED) is 0.849. The van der Waals surface area contributed by atoms with Crippen molar-refractivity contribution >= 4 is 22.9 Å². The number of nitrogens with zero attached hydrogens (tertiary/aromatic N) is 2. The number of aromatic nitrogens is 2. The zero-order chi connectivity index (χ0) is 14.5. The number of rotatable bonds is 3. The summed E-state index contributed by atoms with van der Waals surface area (Å²) in [6, 6.07) is 2.02. The predicted octanol–water partition coefficient (Wildman–Crippen LogP) is 2.09. The molecule has 0 unspecified atom stereocenters. The van der Waals surface area contributed by atoms with Crippen LogP contribution in [0.25, 0.3) is 0 Å². The van der Waals surface area contributed by atoms with Gasteiger partial charge < -0.3 is 11.1 Å². The summed E-state index contributed by atoms with van der Waals surface area (Å²) >= 11 is 1.43. The highest BCUT2D eigenvalue weighted by atomic mass is 32.1. The third-order valence-electron chi connectivity index (χ3n) is 2.56. The molecule has 0 saturated heterocycles. The van der Waals surface area contributed by atoms with Crippen LogP contribution in [0.3, 0.4) is 0 Å². The van der Waals surface area contributed by atoms with Gasteiger partial charge in [-0.05, 0) is 19.9 Å². The van der Waals surface area contributed by atoms with Gasteiger partial charge in [-0.25, -0.2) is 0 Å². The summed E-state index contributed by atoms with van der Waals surface area (Å²) in [6.07, 6.45) is 3.45. The molecule has 0 atom stereocenters. The molecule has 3 N–H and O–H groups in total. The first-order valence-corrected chi connectivity index (χ1v) is 7.11. The Kier molecular flexibility index (Phi) is 4.56. The van der Waals surface area contributed by atoms with Crippen LogP contribution in [0.2, 0.25) is 0 Å². The monoisotopic (exact) mass is 288 g/mol. The molecule has 20 heavy (non-hydrogen) atoms. The van der Waals surface area contributed by atoms with Crippen molar-refractivity contribution < 1.29 is 4.79 Å². The van der Waals surface area contributed by atoms with Crippen molar-refractivity contribution in [2.75, 3.05) is 11.9 Å². The number of hydrogen-bond donors (Lipinski definition) is 2. The summed E-state index contributed by atoms with van der Waals surface area (Å²) < 4.78 is 1.79. The molecule has 0 fully saturated rings. The van der Waals surface area contributed by atoms with E-state index in [0.29, 0.717) is 17.8 Å². The fraction of sp³-hybridized carbons (Fsp3) is 0.286. The number of amides is 1. The van der Waals surface area contributed by atoms with E-state index in [9.17, 15) is 4.79 Å². The Morgan fingerprint density at radius 1 is 1.60 bits per heavy atom. The summed E-state index contributed by atoms with van der Waals surface area (Å²) in [7, 11) is 0. The van der Waals surface area contributed by atoms with Crippen LogP contribution in [0.15, 0.2) is 23.8 Å². The largest absolute Gasteiger partial charge is 0.320 e. The lowest BCUT2D eigenvalue weighted by molar-refractivity contribution is 0.102. The van der Waals surface area contributed by atoms with E-state index in [4.69, 9.17) is 5.73 Å². The van der Waals surface area contributed by atoms with Crippen LogP contribution in [0, 0.1) is 11.8 Å². The van der Waals surface area contributed by atoms with Gasteiger partial charge in [0.15, 0.2) is 0 Å². The lowest BCUT2D eigenvalue weighted by Gasteiger charge is -2.03. The summed E-state index contributed by atoms with van der Waals surface area (Å²) in [5.41, 5.74) is 6.59. The summed E-state index contributed by atoms with van der Waals surface area (Å²) in [5.74, 6) is 5.51. The van der Waals surface area contributed by atoms with Crippen molar-refractivity contribution in [3.8, 4) is 11.8 Å². The molecule has 0 saturated carbocycles. The van der Waals surface area contributed by atoms with Crippen molar-refractivity contribution in [1.82, 2.24) is 9.78 Å². The Labute approximate surface area is 121 Å². The maximum atomic E-state index is 12.1. The van der Waals surface area contributed by atoms with Crippen LogP contribution >= 0.6 is 11.3 Å². The van der Waals surface area contributed by atoms with Crippen LogP contribution in [-0.2, 0) is 0 Å². The van der Waals surface area contributed by atoms with Gasteiger partial charge >= 0.3 is 0 Å². The van der Waals surface area contributed by atoms with Gasteiger partial charge in [-0.3, -0.25) is 9.48 Å². The van der Waals surface area contributed by atoms with Gasteiger partial charge in [0, 0.05) is 17.6 Å². The van der Waals surface area contributed by atoms with Crippen molar-refractivity contribution in [3.63, 3.8) is 0 Å². The van der Waals surface area contributed by atoms with E-state index in [-0.39, 0.29) is 11.9 Å². The summed E-state index contributed by atoms with van der Waals surface area (Å²) in [6.45, 7) is 4.37. The highest BCUT2D eigenvalue weighted by molar-refractivity contribution is 7.10. The van der Waals surface area contributed by atoms with Crippen LogP contribution in [0.4, 0.5) is 5.69 Å². The third-order valence-corrected chi connectivity index (χ3v) is 3.41. The maximum absolute atomic E-state index is 12.1. The molecular formula is C14H16N4OS. The average Bonchev–Trinajstić information content (AvgIpc) is 3.04. The minimum absolute atomic E-state index is 0.162. The van der Waals surface area contributed by atoms with E-state index < -0.39 is 0 Å². The Hall–Kier alpha value is -2.10. The molecular weight excluding hydrogens is 272 g/mol. The van der Waals surface area contributed by atoms with E-state index in [2.05, 4.69) is 22.3 Å². The summed E-state index contributed by atoms with van der Waals surface area (Å²) in [4.78, 5) is 12.9. The second-order valence-electron chi connectivity index (χ2n) is 4.46. The minimum Gasteiger partial charge on any atom is -0.320 e. The SMILES string of the molecule is CC(C)n1cc(NC(=O)c2csc(C#CCN)c2)cn1. The summed E-state index contributed by atoms with van der Waals surface area (Å²) in [5, 5.41) is 8.77. The van der Waals surface area contributed by atoms with E-state index >= 15 is 0 Å². The Bertz CT molecular complexity index is 660. The molecule has 6 heteroatoms. The zero-order valence-electron chi connectivity index (χ0n) is 11.4. The molecule has 1 amide bonds. The second-order valence-corrected chi connectivity index (χ2v) is 5.37. The number of anilines is 1. The molecule has 0 aromatic carbocycles. The highest BCUT2D eigenvalue weighted by Crippen LogP contribution is 2.16. The number of hydrogen-bond acceptors (Lipinski definition) is 4. The van der Waals surface area contributed by atoms with E-state index in [1.165, 1.54) is 11.3 Å². The Balaban J connectivity index is 2.05. The van der Waals surface area contributed by atoms with Gasteiger partial charge in [-0.2, -0.15) is 5.10 Å². The number of thiophene rings is 1. The van der Waals surface area contributed by atoms with E-state index in [0.717, 1.165) is 4.88 Å². The molecule has 2 aromatic rings. The molecule has 0 aliphatic rings. The van der Waals surface area contributed by atoms with E-state index in [1.54, 1.807) is 22.3 Å². The number of carbonyl (C=O) groups excluding carboxylic acids is 1. The number of carbonyl (C=O) groups is 1. The van der Waals surface area contributed by atoms with Crippen LogP contribution < -0.4 is 11.1 Å². The molecule has 0 aliphatic carbocycles. The normalized spacial score (nSPS) is 10.2. The Morgan fingerprint density at radius 2 is 2.40 bits per heavy atom. The van der Waals surface area contributed by atoms with E-state index in [1.807, 2.05) is 20.0 Å². The second kappa shape index (κ2) is 6.37. The first-order chi connectivity index (χ1) is 9.60. The van der Waals surface area contributed by atoms with Gasteiger partial charge in [0.1, 0.15) is 0 Å². The molecule has 0 aliphatic heterocycles. The van der Waals surface area contributed by atoms with Crippen molar-refractivity contribution in [1.29, 1.82) is 0 Å². The first-order valence-electron chi connectivity index (χ1n) is 6.23. The van der Waals surface area contributed by atoms with Crippen molar-refractivity contribution in [3.05, 3.63) is 34.3 Å². The molecule has 0 bridgehead atoms. The lowest BCUT2D eigenvalue weighted by atomic mass is 10.3. The Morgan fingerprint density at radius 3 is 3.05 bits per heavy atom. The molecule has 2 rings (SSSR count). The van der Waals surface area contributed by atoms with Crippen LogP contribution in [-0.4, -0.2) is 22.2 Å². The third kappa shape index (κ3) is 3.47. The topological polar surface area (TPSA) is 72.9 Å². The van der Waals surface area contributed by atoms with Crippen molar-refractivity contribution in [2.45, 2.75) is 19.9 Å². The van der Waals surface area contributed by atoms with Crippen LogP contribution in [0.5, 0.6) is 0 Å². The fourth-order valence-electron chi connectivity index (χ4n) is 1.55. The lowest BCUT2D eigenvalue weighted by Crippen LogP contribution is -2.10. The smallest absolute Gasteiger partial charge is 0.256 e. The highest BCUT2D eigenvalue weighted by Gasteiger charge is 2.10. The van der Waals surface area contributed by atoms with Crippen LogP contribution in [0.1, 0.15) is 35.1 Å². The van der Waals surface area contributed by atoms with Gasteiger partial charge in [-0.1, -0.05) is 11.8 Å². The standard InChI is InChI=1S/C14H16N4OS/c1-10(2)18-8-12(7-16-18)17-14(19)11-6-13(20-9-11)4-3-5-15/h6-10H,5,15H2,1-2H3,(H,17,19). The van der Waals surface area contributed by atoms with Gasteiger partial charge in [-0.15, -0.1) is 11.3 Å². The molecule has 2 heterocycles. The van der Waals surface area contributed by atoms with Gasteiger partial charge in [0.2, 0.25) is 0 Å². The van der Waals surface area contributed by atoms with Gasteiger partial charge in [0.05, 0.1) is 28.9 Å². The maximum Gasteiger partial charge on any atom is 0.256 e. The minimum atomic E-state index is -0.162. The molecule has 0 spiro atoms. The predicted molar refractivity (Wildman–Crippen MR) is 80.8 cm³/mol. The number of nitrogens with two attached hydrogens (primary N) is 1. The molecule has 104 valence electrons. The van der Waals surface area contributed by atoms with Gasteiger partial charge in [0.25, 0.3) is 5.91 Å². The molecule has 2 aromatic heterocycles. The fourth-order valence-corrected chi connectivity index (χ4v) is 2.30.